The summed E-state index contributed by atoms with van der Waals surface area (Å²) < 4.78 is 31.1. The zero-order valence-corrected chi connectivity index (χ0v) is 20.0. The molecule has 0 fully saturated rings. The van der Waals surface area contributed by atoms with Gasteiger partial charge in [0.05, 0.1) is 21.9 Å². The maximum atomic E-state index is 13.2. The summed E-state index contributed by atoms with van der Waals surface area (Å²) in [5.74, 6) is -0.741. The van der Waals surface area contributed by atoms with Crippen molar-refractivity contribution in [3.05, 3.63) is 92.6 Å². The lowest BCUT2D eigenvalue weighted by atomic mass is 9.97. The number of hydrogen-bond acceptors (Lipinski definition) is 8. The summed E-state index contributed by atoms with van der Waals surface area (Å²) >= 11 is 0. The van der Waals surface area contributed by atoms with Crippen molar-refractivity contribution in [1.29, 1.82) is 0 Å². The van der Waals surface area contributed by atoms with Gasteiger partial charge in [0, 0.05) is 36.2 Å². The Hall–Kier alpha value is -3.89. The number of nitro benzene ring substituents is 1. The van der Waals surface area contributed by atoms with Crippen LogP contribution in [0.15, 0.2) is 64.9 Å². The van der Waals surface area contributed by atoms with E-state index in [1.54, 1.807) is 6.92 Å². The van der Waals surface area contributed by atoms with Crippen LogP contribution in [0.2, 0.25) is 0 Å². The van der Waals surface area contributed by atoms with E-state index in [4.69, 9.17) is 4.74 Å². The van der Waals surface area contributed by atoms with E-state index in [0.717, 1.165) is 11.0 Å². The quantitative estimate of drug-likeness (QED) is 0.262. The van der Waals surface area contributed by atoms with Crippen LogP contribution in [0, 0.1) is 17.0 Å². The molecule has 0 atom stereocenters. The Kier molecular flexibility index (Phi) is 6.77. The molecule has 0 saturated carbocycles. The van der Waals surface area contributed by atoms with E-state index in [0.29, 0.717) is 13.1 Å². The van der Waals surface area contributed by atoms with Crippen molar-refractivity contribution in [2.75, 3.05) is 20.2 Å². The summed E-state index contributed by atoms with van der Waals surface area (Å²) in [6, 6.07) is 15.4. The third kappa shape index (κ3) is 5.13. The molecule has 0 spiro atoms. The number of benzene rings is 2. The van der Waals surface area contributed by atoms with E-state index >= 15 is 0 Å². The molecule has 0 N–H and O–H groups in total. The van der Waals surface area contributed by atoms with Gasteiger partial charge in [-0.25, -0.2) is 13.2 Å². The third-order valence-corrected chi connectivity index (χ3v) is 7.08. The summed E-state index contributed by atoms with van der Waals surface area (Å²) in [7, 11) is -1.99. The highest BCUT2D eigenvalue weighted by Crippen LogP contribution is 2.40. The van der Waals surface area contributed by atoms with Crippen molar-refractivity contribution >= 4 is 27.6 Å². The predicted molar refractivity (Wildman–Crippen MR) is 130 cm³/mol. The van der Waals surface area contributed by atoms with E-state index in [-0.39, 0.29) is 45.3 Å². The fourth-order valence-corrected chi connectivity index (χ4v) is 5.33. The molecule has 0 saturated heterocycles. The number of carbonyl (C=O) groups is 1. The minimum atomic E-state index is -3.89. The summed E-state index contributed by atoms with van der Waals surface area (Å²) in [5, 5.41) is 12.3. The van der Waals surface area contributed by atoms with Crippen molar-refractivity contribution in [3.8, 4) is 11.1 Å². The largest absolute Gasteiger partial charge is 0.461 e. The molecule has 2 aromatic carbocycles. The molecule has 180 valence electrons. The van der Waals surface area contributed by atoms with Crippen molar-refractivity contribution < 1.29 is 22.9 Å². The molecule has 1 aliphatic rings. The second kappa shape index (κ2) is 9.77. The van der Waals surface area contributed by atoms with Gasteiger partial charge in [0.1, 0.15) is 11.5 Å². The van der Waals surface area contributed by atoms with E-state index in [2.05, 4.69) is 4.98 Å². The van der Waals surface area contributed by atoms with Crippen LogP contribution < -0.4 is 0 Å². The Morgan fingerprint density at radius 2 is 1.89 bits per heavy atom. The normalized spacial score (nSPS) is 13.6. The van der Waals surface area contributed by atoms with Gasteiger partial charge in [-0.05, 0) is 31.2 Å². The van der Waals surface area contributed by atoms with E-state index in [1.807, 2.05) is 42.3 Å². The lowest BCUT2D eigenvalue weighted by Crippen LogP contribution is -2.24. The molecular formula is C25H23N3O6S. The van der Waals surface area contributed by atoms with Crippen molar-refractivity contribution in [2.24, 2.45) is 0 Å². The highest BCUT2D eigenvalue weighted by Gasteiger charge is 2.33. The van der Waals surface area contributed by atoms with Crippen LogP contribution in [0.4, 0.5) is 5.69 Å². The van der Waals surface area contributed by atoms with Crippen molar-refractivity contribution in [3.63, 3.8) is 0 Å². The number of pyridine rings is 1. The third-order valence-electron chi connectivity index (χ3n) is 5.60. The number of carbonyl (C=O) groups excluding carboxylic acids is 1. The average Bonchev–Trinajstić information content (AvgIpc) is 3.12. The monoisotopic (exact) mass is 493 g/mol. The van der Waals surface area contributed by atoms with Crippen LogP contribution in [-0.2, 0) is 21.1 Å². The van der Waals surface area contributed by atoms with Gasteiger partial charge in [-0.1, -0.05) is 42.5 Å². The molecule has 1 aromatic heterocycles. The molecule has 9 nitrogen and oxygen atoms in total. The minimum Gasteiger partial charge on any atom is -0.461 e. The van der Waals surface area contributed by atoms with Gasteiger partial charge < -0.3 is 4.74 Å². The fourth-order valence-electron chi connectivity index (χ4n) is 3.97. The number of ether oxygens (including phenoxy) is 1. The Labute approximate surface area is 202 Å². The molecule has 0 bridgehead atoms. The van der Waals surface area contributed by atoms with Crippen LogP contribution in [0.3, 0.4) is 0 Å². The van der Waals surface area contributed by atoms with Gasteiger partial charge in [0.15, 0.2) is 0 Å². The van der Waals surface area contributed by atoms with Crippen molar-refractivity contribution in [1.82, 2.24) is 9.88 Å². The number of esters is 1. The Morgan fingerprint density at radius 3 is 2.60 bits per heavy atom. The van der Waals surface area contributed by atoms with E-state index in [1.165, 1.54) is 30.3 Å². The molecule has 0 aliphatic carbocycles. The second-order valence-corrected chi connectivity index (χ2v) is 9.95. The summed E-state index contributed by atoms with van der Waals surface area (Å²) in [6.45, 7) is 2.76. The Bertz CT molecular complexity index is 1440. The molecule has 0 unspecified atom stereocenters. The average molecular weight is 494 g/mol. The molecule has 1 aliphatic heterocycles. The molecule has 4 rings (SSSR count). The lowest BCUT2D eigenvalue weighted by Gasteiger charge is -2.18. The molecular weight excluding hydrogens is 470 g/mol. The summed E-state index contributed by atoms with van der Waals surface area (Å²) in [5.41, 5.74) is 1.60. The first kappa shape index (κ1) is 24.2. The first-order valence-corrected chi connectivity index (χ1v) is 12.3. The topological polar surface area (TPSA) is 120 Å². The number of likely N-dealkylation sites (N-methyl/N-ethyl adjacent to an activating group) is 1. The highest BCUT2D eigenvalue weighted by atomic mass is 32.2. The molecule has 0 amide bonds. The van der Waals surface area contributed by atoms with Crippen LogP contribution in [-0.4, -0.2) is 49.4 Å². The van der Waals surface area contributed by atoms with Gasteiger partial charge in [-0.2, -0.15) is 0 Å². The van der Waals surface area contributed by atoms with Gasteiger partial charge in [0.25, 0.3) is 5.69 Å². The number of fused-ring (bicyclic) bond motifs is 1. The Morgan fingerprint density at radius 1 is 1.14 bits per heavy atom. The number of non-ortho nitro benzene ring substituents is 1. The van der Waals surface area contributed by atoms with Gasteiger partial charge in [-0.15, -0.1) is 0 Å². The molecule has 35 heavy (non-hydrogen) atoms. The van der Waals surface area contributed by atoms with Gasteiger partial charge in [-0.3, -0.25) is 20.0 Å². The maximum Gasteiger partial charge on any atom is 0.340 e. The van der Waals surface area contributed by atoms with Crippen LogP contribution in [0.1, 0.15) is 27.3 Å². The number of nitro groups is 1. The number of hydrogen-bond donors (Lipinski definition) is 0. The van der Waals surface area contributed by atoms with Gasteiger partial charge >= 0.3 is 5.97 Å². The fraction of sp³-hybridized carbons (Fsp3) is 0.200. The maximum absolute atomic E-state index is 13.2. The molecule has 0 radical (unpaired) electrons. The molecule has 2 heterocycles. The van der Waals surface area contributed by atoms with Gasteiger partial charge in [0.2, 0.25) is 9.84 Å². The van der Waals surface area contributed by atoms with Crippen LogP contribution >= 0.6 is 0 Å². The lowest BCUT2D eigenvalue weighted by molar-refractivity contribution is -0.384. The SMILES string of the molecule is Cc1nc2c(c(-c3cccc([N+](=O)[O-])c3)c1C(=O)OCCN(C)Cc1ccccc1)S(=O)(=O)C=C2. The predicted octanol–water partition coefficient (Wildman–Crippen LogP) is 4.01. The van der Waals surface area contributed by atoms with E-state index in [9.17, 15) is 23.3 Å². The standard InChI is InChI=1S/C25H23N3O6S/c1-17-22(25(29)34-13-12-27(2)16-18-7-4-3-5-8-18)23(19-9-6-10-20(15-19)28(30)31)24-21(26-17)11-14-35(24,32)33/h3-11,14-15H,12-13,16H2,1-2H3. The first-order valence-electron chi connectivity index (χ1n) is 10.8. The zero-order chi connectivity index (χ0) is 25.2. The number of aromatic nitrogens is 1. The van der Waals surface area contributed by atoms with E-state index < -0.39 is 20.7 Å². The molecule has 3 aromatic rings. The van der Waals surface area contributed by atoms with Crippen LogP contribution in [0.25, 0.3) is 17.2 Å². The number of sulfone groups is 1. The Balaban J connectivity index is 1.65. The smallest absolute Gasteiger partial charge is 0.340 e. The number of rotatable bonds is 8. The summed E-state index contributed by atoms with van der Waals surface area (Å²) in [6.07, 6.45) is 1.35. The van der Waals surface area contributed by atoms with Crippen LogP contribution in [0.5, 0.6) is 0 Å². The minimum absolute atomic E-state index is 0.0257. The van der Waals surface area contributed by atoms with Crippen molar-refractivity contribution in [2.45, 2.75) is 18.4 Å². The number of nitrogens with zero attached hydrogens (tertiary/aromatic N) is 3. The zero-order valence-electron chi connectivity index (χ0n) is 19.2. The molecule has 10 heteroatoms. The first-order chi connectivity index (χ1) is 16.7. The summed E-state index contributed by atoms with van der Waals surface area (Å²) in [4.78, 5) is 30.1. The highest BCUT2D eigenvalue weighted by molar-refractivity contribution is 7.95. The second-order valence-electron chi connectivity index (χ2n) is 8.18. The number of aryl methyl sites for hydroxylation is 1.